The molecule has 0 radical (unpaired) electrons. The zero-order valence-electron chi connectivity index (χ0n) is 11.1. The lowest BCUT2D eigenvalue weighted by atomic mass is 10.1. The van der Waals surface area contributed by atoms with E-state index >= 15 is 0 Å². The normalized spacial score (nSPS) is 12.2. The van der Waals surface area contributed by atoms with Crippen LogP contribution in [-0.2, 0) is 0 Å². The standard InChI is InChI=1S/C15H14BrClFNO/c1-9(19-2)10-3-5-14(12(16)7-10)20-15-6-4-11(18)8-13(15)17/h3-9,19H,1-2H3. The van der Waals surface area contributed by atoms with E-state index in [2.05, 4.69) is 28.2 Å². The fourth-order valence-corrected chi connectivity index (χ4v) is 2.40. The van der Waals surface area contributed by atoms with Gasteiger partial charge < -0.3 is 10.1 Å². The summed E-state index contributed by atoms with van der Waals surface area (Å²) in [7, 11) is 1.90. The van der Waals surface area contributed by atoms with Gasteiger partial charge in [-0.1, -0.05) is 17.7 Å². The Balaban J connectivity index is 2.25. The molecule has 0 saturated carbocycles. The highest BCUT2D eigenvalue weighted by molar-refractivity contribution is 9.10. The van der Waals surface area contributed by atoms with Crippen molar-refractivity contribution in [1.29, 1.82) is 0 Å². The molecule has 0 fully saturated rings. The number of ether oxygens (including phenoxy) is 1. The number of benzene rings is 2. The van der Waals surface area contributed by atoms with Gasteiger partial charge in [0.25, 0.3) is 0 Å². The Morgan fingerprint density at radius 2 is 1.90 bits per heavy atom. The molecule has 0 bridgehead atoms. The zero-order chi connectivity index (χ0) is 14.7. The second kappa shape index (κ2) is 6.57. The maximum Gasteiger partial charge on any atom is 0.146 e. The molecule has 0 amide bonds. The second-order valence-electron chi connectivity index (χ2n) is 4.38. The summed E-state index contributed by atoms with van der Waals surface area (Å²) in [5, 5.41) is 3.41. The molecule has 1 N–H and O–H groups in total. The predicted octanol–water partition coefficient (Wildman–Crippen LogP) is 5.31. The summed E-state index contributed by atoms with van der Waals surface area (Å²) in [6, 6.07) is 10.1. The number of rotatable bonds is 4. The van der Waals surface area contributed by atoms with Crippen LogP contribution in [0.25, 0.3) is 0 Å². The number of hydrogen-bond acceptors (Lipinski definition) is 2. The Morgan fingerprint density at radius 3 is 2.50 bits per heavy atom. The molecule has 20 heavy (non-hydrogen) atoms. The maximum atomic E-state index is 13.0. The smallest absolute Gasteiger partial charge is 0.146 e. The first-order valence-electron chi connectivity index (χ1n) is 6.11. The van der Waals surface area contributed by atoms with Gasteiger partial charge in [-0.3, -0.25) is 0 Å². The molecule has 0 spiro atoms. The lowest BCUT2D eigenvalue weighted by molar-refractivity contribution is 0.477. The third-order valence-corrected chi connectivity index (χ3v) is 3.92. The van der Waals surface area contributed by atoms with Crippen LogP contribution in [-0.4, -0.2) is 7.05 Å². The van der Waals surface area contributed by atoms with Crippen LogP contribution in [0.1, 0.15) is 18.5 Å². The second-order valence-corrected chi connectivity index (χ2v) is 5.64. The third kappa shape index (κ3) is 3.51. The first kappa shape index (κ1) is 15.3. The SMILES string of the molecule is CNC(C)c1ccc(Oc2ccc(F)cc2Cl)c(Br)c1. The van der Waals surface area contributed by atoms with Gasteiger partial charge in [-0.05, 0) is 65.8 Å². The third-order valence-electron chi connectivity index (χ3n) is 3.00. The van der Waals surface area contributed by atoms with Crippen molar-refractivity contribution in [2.24, 2.45) is 0 Å². The van der Waals surface area contributed by atoms with Crippen molar-refractivity contribution in [3.63, 3.8) is 0 Å². The lowest BCUT2D eigenvalue weighted by Crippen LogP contribution is -2.12. The van der Waals surface area contributed by atoms with Crippen molar-refractivity contribution in [3.05, 3.63) is 57.3 Å². The molecule has 106 valence electrons. The minimum absolute atomic E-state index is 0.240. The Bertz CT molecular complexity index is 621. The van der Waals surface area contributed by atoms with Gasteiger partial charge in [-0.15, -0.1) is 0 Å². The van der Waals surface area contributed by atoms with Gasteiger partial charge >= 0.3 is 0 Å². The van der Waals surface area contributed by atoms with Gasteiger partial charge in [0.2, 0.25) is 0 Å². The molecular formula is C15H14BrClFNO. The molecule has 0 aliphatic carbocycles. The van der Waals surface area contributed by atoms with E-state index in [0.29, 0.717) is 11.5 Å². The van der Waals surface area contributed by atoms with Crippen LogP contribution in [0.3, 0.4) is 0 Å². The summed E-state index contributed by atoms with van der Waals surface area (Å²) in [4.78, 5) is 0. The number of halogens is 3. The molecule has 2 nitrogen and oxygen atoms in total. The van der Waals surface area contributed by atoms with Crippen LogP contribution < -0.4 is 10.1 Å². The van der Waals surface area contributed by atoms with E-state index in [0.717, 1.165) is 10.0 Å². The van der Waals surface area contributed by atoms with Crippen LogP contribution in [0.4, 0.5) is 4.39 Å². The van der Waals surface area contributed by atoms with E-state index in [1.54, 1.807) is 0 Å². The molecule has 0 saturated heterocycles. The van der Waals surface area contributed by atoms with Crippen LogP contribution in [0.2, 0.25) is 5.02 Å². The van der Waals surface area contributed by atoms with E-state index in [-0.39, 0.29) is 16.9 Å². The first-order chi connectivity index (χ1) is 9.51. The lowest BCUT2D eigenvalue weighted by Gasteiger charge is -2.14. The monoisotopic (exact) mass is 357 g/mol. The van der Waals surface area contributed by atoms with Crippen LogP contribution >= 0.6 is 27.5 Å². The Labute approximate surface area is 131 Å². The quantitative estimate of drug-likeness (QED) is 0.799. The molecule has 1 atom stereocenters. The van der Waals surface area contributed by atoms with Crippen molar-refractivity contribution >= 4 is 27.5 Å². The largest absolute Gasteiger partial charge is 0.455 e. The highest BCUT2D eigenvalue weighted by atomic mass is 79.9. The highest BCUT2D eigenvalue weighted by Gasteiger charge is 2.10. The average Bonchev–Trinajstić information content (AvgIpc) is 2.42. The zero-order valence-corrected chi connectivity index (χ0v) is 13.4. The summed E-state index contributed by atoms with van der Waals surface area (Å²) in [6.07, 6.45) is 0. The fraction of sp³-hybridized carbons (Fsp3) is 0.200. The molecule has 2 aromatic carbocycles. The van der Waals surface area contributed by atoms with Gasteiger partial charge in [-0.25, -0.2) is 4.39 Å². The Kier molecular flexibility index (Phi) is 5.02. The summed E-state index contributed by atoms with van der Waals surface area (Å²) in [5.41, 5.74) is 1.14. The maximum absolute atomic E-state index is 13.0. The Morgan fingerprint density at radius 1 is 1.20 bits per heavy atom. The van der Waals surface area contributed by atoms with Crippen molar-refractivity contribution in [2.45, 2.75) is 13.0 Å². The molecule has 2 aromatic rings. The van der Waals surface area contributed by atoms with Gasteiger partial charge in [0.05, 0.1) is 9.50 Å². The molecule has 0 heterocycles. The molecule has 5 heteroatoms. The average molecular weight is 359 g/mol. The van der Waals surface area contributed by atoms with Crippen molar-refractivity contribution in [1.82, 2.24) is 5.32 Å². The predicted molar refractivity (Wildman–Crippen MR) is 83.1 cm³/mol. The van der Waals surface area contributed by atoms with Crippen LogP contribution in [0.15, 0.2) is 40.9 Å². The van der Waals surface area contributed by atoms with Gasteiger partial charge in [-0.2, -0.15) is 0 Å². The van der Waals surface area contributed by atoms with Gasteiger partial charge in [0.1, 0.15) is 17.3 Å². The first-order valence-corrected chi connectivity index (χ1v) is 7.28. The van der Waals surface area contributed by atoms with E-state index in [1.165, 1.54) is 18.2 Å². The van der Waals surface area contributed by atoms with Crippen molar-refractivity contribution in [2.75, 3.05) is 7.05 Å². The van der Waals surface area contributed by atoms with Crippen LogP contribution in [0.5, 0.6) is 11.5 Å². The number of nitrogens with one attached hydrogen (secondary N) is 1. The summed E-state index contributed by atoms with van der Waals surface area (Å²) >= 11 is 9.42. The number of hydrogen-bond donors (Lipinski definition) is 1. The molecule has 0 aromatic heterocycles. The molecular weight excluding hydrogens is 345 g/mol. The Hall–Kier alpha value is -1.10. The fourth-order valence-electron chi connectivity index (χ4n) is 1.71. The van der Waals surface area contributed by atoms with Gasteiger partial charge in [0, 0.05) is 6.04 Å². The molecule has 1 unspecified atom stereocenters. The molecule has 0 aliphatic heterocycles. The highest BCUT2D eigenvalue weighted by Crippen LogP contribution is 2.35. The van der Waals surface area contributed by atoms with Crippen LogP contribution in [0, 0.1) is 5.82 Å². The molecule has 0 aliphatic rings. The van der Waals surface area contributed by atoms with Crippen molar-refractivity contribution < 1.29 is 9.13 Å². The van der Waals surface area contributed by atoms with Gasteiger partial charge in [0.15, 0.2) is 0 Å². The van der Waals surface area contributed by atoms with Crippen molar-refractivity contribution in [3.8, 4) is 11.5 Å². The van der Waals surface area contributed by atoms with E-state index in [4.69, 9.17) is 16.3 Å². The summed E-state index contributed by atoms with van der Waals surface area (Å²) in [6.45, 7) is 2.07. The molecule has 2 rings (SSSR count). The minimum atomic E-state index is -0.389. The minimum Gasteiger partial charge on any atom is -0.455 e. The summed E-state index contributed by atoms with van der Waals surface area (Å²) < 4.78 is 19.5. The topological polar surface area (TPSA) is 21.3 Å². The van der Waals surface area contributed by atoms with E-state index in [9.17, 15) is 4.39 Å². The summed E-state index contributed by atoms with van der Waals surface area (Å²) in [5.74, 6) is 0.661. The van der Waals surface area contributed by atoms with E-state index < -0.39 is 0 Å². The van der Waals surface area contributed by atoms with E-state index in [1.807, 2.05) is 25.2 Å².